The topological polar surface area (TPSA) is 81.7 Å². The van der Waals surface area contributed by atoms with Crippen molar-refractivity contribution < 1.29 is 18.6 Å². The Morgan fingerprint density at radius 1 is 1.13 bits per heavy atom. The fourth-order valence-electron chi connectivity index (χ4n) is 3.08. The van der Waals surface area contributed by atoms with Gasteiger partial charge in [0.05, 0.1) is 12.6 Å². The number of fused-ring (bicyclic) bond motifs is 1. The molecule has 0 amide bonds. The molecule has 1 aromatic heterocycles. The van der Waals surface area contributed by atoms with Crippen LogP contribution >= 0.6 is 24.0 Å². The van der Waals surface area contributed by atoms with Gasteiger partial charge >= 0.3 is 6.61 Å². The van der Waals surface area contributed by atoms with Gasteiger partial charge in [0.15, 0.2) is 5.96 Å². The van der Waals surface area contributed by atoms with Crippen molar-refractivity contribution in [1.82, 2.24) is 15.6 Å². The van der Waals surface area contributed by atoms with E-state index in [2.05, 4.69) is 37.5 Å². The summed E-state index contributed by atoms with van der Waals surface area (Å²) in [7, 11) is 0. The first-order chi connectivity index (χ1) is 14.5. The Morgan fingerprint density at radius 3 is 2.55 bits per heavy atom. The first kappa shape index (κ1) is 24.9. The second-order valence-corrected chi connectivity index (χ2v) is 6.74. The first-order valence-electron chi connectivity index (χ1n) is 9.87. The quantitative estimate of drug-likeness (QED) is 0.185. The maximum absolute atomic E-state index is 12.2. The molecule has 0 saturated heterocycles. The van der Waals surface area contributed by atoms with Gasteiger partial charge in [0.2, 0.25) is 0 Å². The fraction of sp³-hybridized carbons (Fsp3) is 0.318. The summed E-state index contributed by atoms with van der Waals surface area (Å²) < 4.78 is 28.8. The minimum atomic E-state index is -2.87. The number of nitrogens with zero attached hydrogens (tertiary/aromatic N) is 1. The minimum absolute atomic E-state index is 0. The summed E-state index contributed by atoms with van der Waals surface area (Å²) in [5.41, 5.74) is 2.82. The number of alkyl halides is 2. The summed E-state index contributed by atoms with van der Waals surface area (Å²) >= 11 is 0. The monoisotopic (exact) mass is 544 g/mol. The van der Waals surface area contributed by atoms with E-state index in [-0.39, 0.29) is 36.3 Å². The van der Waals surface area contributed by atoms with Crippen LogP contribution in [-0.4, -0.2) is 42.3 Å². The Bertz CT molecular complexity index is 931. The van der Waals surface area contributed by atoms with Crippen molar-refractivity contribution in [2.75, 3.05) is 19.6 Å². The Morgan fingerprint density at radius 2 is 1.87 bits per heavy atom. The molecular weight excluding hydrogens is 517 g/mol. The van der Waals surface area contributed by atoms with Crippen LogP contribution < -0.4 is 15.4 Å². The lowest BCUT2D eigenvalue weighted by molar-refractivity contribution is -0.0498. The van der Waals surface area contributed by atoms with Gasteiger partial charge in [-0.05, 0) is 42.1 Å². The van der Waals surface area contributed by atoms with Crippen LogP contribution in [0.5, 0.6) is 5.75 Å². The van der Waals surface area contributed by atoms with Gasteiger partial charge in [-0.1, -0.05) is 30.3 Å². The van der Waals surface area contributed by atoms with Gasteiger partial charge in [0.25, 0.3) is 0 Å². The zero-order chi connectivity index (χ0) is 21.3. The Balaban J connectivity index is 0.00000341. The van der Waals surface area contributed by atoms with E-state index in [0.717, 1.165) is 17.6 Å². The molecule has 0 radical (unpaired) electrons. The number of benzene rings is 2. The van der Waals surface area contributed by atoms with E-state index in [1.807, 2.05) is 25.1 Å². The average Bonchev–Trinajstić information content (AvgIpc) is 3.14. The normalized spacial score (nSPS) is 12.5. The predicted molar refractivity (Wildman–Crippen MR) is 129 cm³/mol. The number of guanidine groups is 1. The van der Waals surface area contributed by atoms with Gasteiger partial charge in [-0.15, -0.1) is 24.0 Å². The van der Waals surface area contributed by atoms with Crippen molar-refractivity contribution in [1.29, 1.82) is 0 Å². The number of H-pyrrole nitrogens is 1. The van der Waals surface area contributed by atoms with Crippen molar-refractivity contribution in [3.05, 3.63) is 65.9 Å². The second kappa shape index (κ2) is 12.5. The predicted octanol–water partition coefficient (Wildman–Crippen LogP) is 4.22. The van der Waals surface area contributed by atoms with Gasteiger partial charge in [-0.25, -0.2) is 0 Å². The molecule has 1 unspecified atom stereocenters. The lowest BCUT2D eigenvalue weighted by Crippen LogP contribution is -2.38. The van der Waals surface area contributed by atoms with Crippen LogP contribution in [0.1, 0.15) is 24.3 Å². The van der Waals surface area contributed by atoms with E-state index in [4.69, 9.17) is 0 Å². The van der Waals surface area contributed by atoms with Gasteiger partial charge in [0, 0.05) is 30.7 Å². The molecule has 0 bridgehead atoms. The van der Waals surface area contributed by atoms with Crippen LogP contribution in [-0.2, 0) is 6.42 Å². The van der Waals surface area contributed by atoms with E-state index in [0.29, 0.717) is 24.6 Å². The smallest absolute Gasteiger partial charge is 0.387 e. The highest BCUT2D eigenvalue weighted by atomic mass is 127. The average molecular weight is 544 g/mol. The number of ether oxygens (including phenoxy) is 1. The number of hydrogen-bond donors (Lipinski definition) is 4. The lowest BCUT2D eigenvalue weighted by Gasteiger charge is -2.13. The molecule has 3 rings (SSSR count). The third-order valence-electron chi connectivity index (χ3n) is 4.53. The molecule has 31 heavy (non-hydrogen) atoms. The molecule has 168 valence electrons. The van der Waals surface area contributed by atoms with Crippen molar-refractivity contribution >= 4 is 40.8 Å². The van der Waals surface area contributed by atoms with Crippen molar-refractivity contribution in [3.8, 4) is 5.75 Å². The number of para-hydroxylation sites is 1. The summed E-state index contributed by atoms with van der Waals surface area (Å²) in [6, 6.07) is 16.2. The number of aliphatic hydroxyl groups excluding tert-OH is 1. The van der Waals surface area contributed by atoms with Gasteiger partial charge in [-0.2, -0.15) is 8.78 Å². The molecule has 0 aliphatic carbocycles. The number of aromatic nitrogens is 1. The summed E-state index contributed by atoms with van der Waals surface area (Å²) in [6.07, 6.45) is -0.0532. The summed E-state index contributed by atoms with van der Waals surface area (Å²) in [5, 5.41) is 17.9. The first-order valence-corrected chi connectivity index (χ1v) is 9.87. The van der Waals surface area contributed by atoms with Gasteiger partial charge in [-0.3, -0.25) is 4.99 Å². The maximum Gasteiger partial charge on any atom is 0.387 e. The molecule has 0 aliphatic heterocycles. The number of hydrogen-bond acceptors (Lipinski definition) is 3. The number of aromatic amines is 1. The van der Waals surface area contributed by atoms with Gasteiger partial charge < -0.3 is 25.5 Å². The van der Waals surface area contributed by atoms with Crippen molar-refractivity contribution in [3.63, 3.8) is 0 Å². The van der Waals surface area contributed by atoms with E-state index >= 15 is 0 Å². The summed E-state index contributed by atoms with van der Waals surface area (Å²) in [4.78, 5) is 7.81. The number of aliphatic imine (C=N–C) groups is 1. The third-order valence-corrected chi connectivity index (χ3v) is 4.53. The molecule has 6 nitrogen and oxygen atoms in total. The molecule has 9 heteroatoms. The molecule has 0 aliphatic rings. The van der Waals surface area contributed by atoms with E-state index in [1.54, 1.807) is 12.1 Å². The zero-order valence-corrected chi connectivity index (χ0v) is 19.5. The summed E-state index contributed by atoms with van der Waals surface area (Å²) in [5.74, 6) is 0.654. The van der Waals surface area contributed by atoms with Crippen LogP contribution in [0.25, 0.3) is 10.9 Å². The van der Waals surface area contributed by atoms with Crippen LogP contribution in [0.4, 0.5) is 8.78 Å². The zero-order valence-electron chi connectivity index (χ0n) is 17.1. The molecular formula is C22H27F2IN4O2. The van der Waals surface area contributed by atoms with Crippen molar-refractivity contribution in [2.24, 2.45) is 4.99 Å². The number of nitrogens with one attached hydrogen (secondary N) is 3. The molecule has 3 aromatic rings. The SMILES string of the molecule is CCNC(=NCC(O)c1ccc(OC(F)F)cc1)NCCc1cc2ccccc2[nH]1.I. The van der Waals surface area contributed by atoms with Crippen LogP contribution in [0.2, 0.25) is 0 Å². The molecule has 0 fully saturated rings. The standard InChI is InChI=1S/C22H26F2N4O2.HI/c1-2-25-22(26-12-11-17-13-16-5-3-4-6-19(16)28-17)27-14-20(29)15-7-9-18(10-8-15)30-21(23)24;/h3-10,13,20-21,28-29H,2,11-12,14H2,1H3,(H2,25,26,27);1H. The highest BCUT2D eigenvalue weighted by molar-refractivity contribution is 14.0. The Hall–Kier alpha value is -2.40. The molecule has 1 atom stereocenters. The number of halogens is 3. The summed E-state index contributed by atoms with van der Waals surface area (Å²) in [6.45, 7) is 0.593. The van der Waals surface area contributed by atoms with Crippen LogP contribution in [0.15, 0.2) is 59.6 Å². The Kier molecular flexibility index (Phi) is 9.99. The van der Waals surface area contributed by atoms with Gasteiger partial charge in [0.1, 0.15) is 5.75 Å². The highest BCUT2D eigenvalue weighted by Gasteiger charge is 2.10. The molecule has 0 saturated carbocycles. The Labute approximate surface area is 197 Å². The fourth-order valence-corrected chi connectivity index (χ4v) is 3.08. The number of rotatable bonds is 9. The van der Waals surface area contributed by atoms with E-state index in [9.17, 15) is 13.9 Å². The van der Waals surface area contributed by atoms with E-state index in [1.165, 1.54) is 17.5 Å². The van der Waals surface area contributed by atoms with E-state index < -0.39 is 12.7 Å². The number of aliphatic hydroxyl groups is 1. The highest BCUT2D eigenvalue weighted by Crippen LogP contribution is 2.19. The second-order valence-electron chi connectivity index (χ2n) is 6.74. The van der Waals surface area contributed by atoms with Crippen LogP contribution in [0.3, 0.4) is 0 Å². The minimum Gasteiger partial charge on any atom is -0.435 e. The molecule has 0 spiro atoms. The third kappa shape index (κ3) is 7.66. The largest absolute Gasteiger partial charge is 0.435 e. The van der Waals surface area contributed by atoms with Crippen molar-refractivity contribution in [2.45, 2.75) is 26.1 Å². The maximum atomic E-state index is 12.2. The molecule has 1 heterocycles. The molecule has 2 aromatic carbocycles. The van der Waals surface area contributed by atoms with Crippen LogP contribution in [0, 0.1) is 0 Å². The lowest BCUT2D eigenvalue weighted by atomic mass is 10.1. The molecule has 4 N–H and O–H groups in total.